The summed E-state index contributed by atoms with van der Waals surface area (Å²) in [6.07, 6.45) is 0.0541. The molecule has 0 spiro atoms. The first-order valence-corrected chi connectivity index (χ1v) is 5.78. The number of Topliss-reactive ketones (excluding diaryl/α,β-unsaturated/α-hetero) is 1. The number of anilines is 1. The molecule has 0 aliphatic rings. The van der Waals surface area contributed by atoms with Crippen molar-refractivity contribution in [3.05, 3.63) is 28.5 Å². The van der Waals surface area contributed by atoms with Gasteiger partial charge in [0.25, 0.3) is 0 Å². The molecule has 1 aromatic carbocycles. The van der Waals surface area contributed by atoms with Crippen molar-refractivity contribution in [3.63, 3.8) is 0 Å². The number of aromatic nitrogens is 4. The Labute approximate surface area is 114 Å². The summed E-state index contributed by atoms with van der Waals surface area (Å²) in [5.74, 6) is 0.652. The van der Waals surface area contributed by atoms with Crippen LogP contribution in [0.4, 0.5) is 5.69 Å². The molecule has 0 aliphatic heterocycles. The van der Waals surface area contributed by atoms with Gasteiger partial charge in [0, 0.05) is 18.3 Å². The molecule has 0 unspecified atom stereocenters. The van der Waals surface area contributed by atoms with E-state index in [4.69, 9.17) is 22.1 Å². The molecule has 8 heteroatoms. The first kappa shape index (κ1) is 13.3. The van der Waals surface area contributed by atoms with E-state index in [1.165, 1.54) is 23.9 Å². The average Bonchev–Trinajstić information content (AvgIpc) is 2.75. The van der Waals surface area contributed by atoms with Crippen LogP contribution in [-0.2, 0) is 13.5 Å². The van der Waals surface area contributed by atoms with Crippen LogP contribution in [0.25, 0.3) is 0 Å². The molecule has 7 nitrogen and oxygen atoms in total. The molecular formula is C11H12ClN5O2. The molecule has 1 heterocycles. The third kappa shape index (κ3) is 2.65. The normalized spacial score (nSPS) is 10.5. The zero-order chi connectivity index (χ0) is 14.0. The molecule has 0 saturated heterocycles. The number of benzene rings is 1. The topological polar surface area (TPSA) is 95.9 Å². The lowest BCUT2D eigenvalue weighted by atomic mass is 10.1. The van der Waals surface area contributed by atoms with Crippen LogP contribution in [0.2, 0.25) is 5.02 Å². The van der Waals surface area contributed by atoms with E-state index < -0.39 is 0 Å². The number of carbonyl (C=O) groups is 1. The summed E-state index contributed by atoms with van der Waals surface area (Å²) in [6, 6.07) is 3.01. The second-order valence-electron chi connectivity index (χ2n) is 3.89. The Morgan fingerprint density at radius 3 is 2.84 bits per heavy atom. The Balaban J connectivity index is 2.31. The number of aryl methyl sites for hydroxylation is 1. The maximum atomic E-state index is 12.2. The minimum Gasteiger partial charge on any atom is -0.495 e. The number of halogens is 1. The summed E-state index contributed by atoms with van der Waals surface area (Å²) >= 11 is 5.92. The highest BCUT2D eigenvalue weighted by molar-refractivity contribution is 6.32. The van der Waals surface area contributed by atoms with Crippen molar-refractivity contribution in [1.29, 1.82) is 0 Å². The second-order valence-corrected chi connectivity index (χ2v) is 4.30. The number of rotatable bonds is 4. The zero-order valence-electron chi connectivity index (χ0n) is 10.4. The van der Waals surface area contributed by atoms with Gasteiger partial charge in [0.15, 0.2) is 11.6 Å². The molecule has 19 heavy (non-hydrogen) atoms. The maximum absolute atomic E-state index is 12.2. The molecule has 0 amide bonds. The van der Waals surface area contributed by atoms with Crippen molar-refractivity contribution in [3.8, 4) is 5.75 Å². The first-order valence-electron chi connectivity index (χ1n) is 5.40. The van der Waals surface area contributed by atoms with Crippen molar-refractivity contribution >= 4 is 23.1 Å². The Kier molecular flexibility index (Phi) is 3.66. The summed E-state index contributed by atoms with van der Waals surface area (Å²) in [5.41, 5.74) is 6.43. The van der Waals surface area contributed by atoms with Gasteiger partial charge >= 0.3 is 0 Å². The third-order valence-corrected chi connectivity index (χ3v) is 2.95. The van der Waals surface area contributed by atoms with E-state index in [-0.39, 0.29) is 12.2 Å². The van der Waals surface area contributed by atoms with Crippen LogP contribution in [-0.4, -0.2) is 33.1 Å². The lowest BCUT2D eigenvalue weighted by Gasteiger charge is -2.09. The molecule has 0 bridgehead atoms. The molecule has 1 aromatic heterocycles. The van der Waals surface area contributed by atoms with Gasteiger partial charge < -0.3 is 10.5 Å². The molecule has 0 radical (unpaired) electrons. The van der Waals surface area contributed by atoms with Crippen LogP contribution in [0.15, 0.2) is 12.1 Å². The highest BCUT2D eigenvalue weighted by atomic mass is 35.5. The van der Waals surface area contributed by atoms with Crippen LogP contribution in [0.3, 0.4) is 0 Å². The number of hydrogen-bond donors (Lipinski definition) is 1. The molecule has 100 valence electrons. The minimum absolute atomic E-state index is 0.0541. The van der Waals surface area contributed by atoms with Crippen molar-refractivity contribution < 1.29 is 9.53 Å². The highest BCUT2D eigenvalue weighted by Gasteiger charge is 2.16. The molecule has 0 aliphatic carbocycles. The fourth-order valence-corrected chi connectivity index (χ4v) is 1.85. The molecule has 2 rings (SSSR count). The SMILES string of the molecule is COc1cc(C(=O)Cc2nnnn2C)c(N)cc1Cl. The van der Waals surface area contributed by atoms with Gasteiger partial charge in [0.05, 0.1) is 18.6 Å². The summed E-state index contributed by atoms with van der Waals surface area (Å²) in [5, 5.41) is 11.2. The summed E-state index contributed by atoms with van der Waals surface area (Å²) in [6.45, 7) is 0. The van der Waals surface area contributed by atoms with Crippen LogP contribution in [0.5, 0.6) is 5.75 Å². The number of ether oxygens (including phenoxy) is 1. The van der Waals surface area contributed by atoms with Crippen molar-refractivity contribution in [2.45, 2.75) is 6.42 Å². The summed E-state index contributed by atoms with van der Waals surface area (Å²) < 4.78 is 6.50. The van der Waals surface area contributed by atoms with E-state index in [0.717, 1.165) is 0 Å². The van der Waals surface area contributed by atoms with E-state index in [1.54, 1.807) is 7.05 Å². The van der Waals surface area contributed by atoms with Gasteiger partial charge in [-0.05, 0) is 22.6 Å². The molecular weight excluding hydrogens is 270 g/mol. The average molecular weight is 282 g/mol. The molecule has 0 atom stereocenters. The largest absolute Gasteiger partial charge is 0.495 e. The number of carbonyl (C=O) groups excluding carboxylic acids is 1. The number of nitrogens with two attached hydrogens (primary N) is 1. The van der Waals surface area contributed by atoms with Crippen molar-refractivity contribution in [2.75, 3.05) is 12.8 Å². The second kappa shape index (κ2) is 5.23. The van der Waals surface area contributed by atoms with Crippen LogP contribution >= 0.6 is 11.6 Å². The summed E-state index contributed by atoms with van der Waals surface area (Å²) in [7, 11) is 3.13. The van der Waals surface area contributed by atoms with Crippen LogP contribution < -0.4 is 10.5 Å². The number of tetrazole rings is 1. The lowest BCUT2D eigenvalue weighted by Crippen LogP contribution is -2.11. The van der Waals surface area contributed by atoms with E-state index in [0.29, 0.717) is 27.8 Å². The van der Waals surface area contributed by atoms with Gasteiger partial charge in [-0.15, -0.1) is 5.10 Å². The maximum Gasteiger partial charge on any atom is 0.172 e. The monoisotopic (exact) mass is 281 g/mol. The van der Waals surface area contributed by atoms with Crippen LogP contribution in [0, 0.1) is 0 Å². The van der Waals surface area contributed by atoms with Gasteiger partial charge in [0.2, 0.25) is 0 Å². The van der Waals surface area contributed by atoms with E-state index in [2.05, 4.69) is 15.5 Å². The van der Waals surface area contributed by atoms with E-state index in [1.807, 2.05) is 0 Å². The third-order valence-electron chi connectivity index (χ3n) is 2.65. The first-order chi connectivity index (χ1) is 9.02. The van der Waals surface area contributed by atoms with Crippen molar-refractivity contribution in [2.24, 2.45) is 7.05 Å². The van der Waals surface area contributed by atoms with Gasteiger partial charge in [0.1, 0.15) is 5.75 Å². The van der Waals surface area contributed by atoms with Crippen LogP contribution in [0.1, 0.15) is 16.2 Å². The quantitative estimate of drug-likeness (QED) is 0.660. The van der Waals surface area contributed by atoms with E-state index in [9.17, 15) is 4.79 Å². The Bertz CT molecular complexity index is 626. The minimum atomic E-state index is -0.203. The summed E-state index contributed by atoms with van der Waals surface area (Å²) in [4.78, 5) is 12.2. The number of hydrogen-bond acceptors (Lipinski definition) is 6. The molecule has 0 saturated carbocycles. The van der Waals surface area contributed by atoms with Gasteiger partial charge in [-0.25, -0.2) is 4.68 Å². The van der Waals surface area contributed by atoms with Gasteiger partial charge in [-0.1, -0.05) is 11.6 Å². The standard InChI is InChI=1S/C11H12ClN5O2/c1-17-11(14-15-16-17)5-9(18)6-3-10(19-2)7(12)4-8(6)13/h3-4H,5,13H2,1-2H3. The Hall–Kier alpha value is -2.15. The number of ketones is 1. The fraction of sp³-hybridized carbons (Fsp3) is 0.273. The zero-order valence-corrected chi connectivity index (χ0v) is 11.2. The fourth-order valence-electron chi connectivity index (χ4n) is 1.60. The predicted octanol–water partition coefficient (Wildman–Crippen LogP) is 0.880. The molecule has 2 aromatic rings. The Morgan fingerprint density at radius 1 is 1.53 bits per heavy atom. The Morgan fingerprint density at radius 2 is 2.26 bits per heavy atom. The van der Waals surface area contributed by atoms with E-state index >= 15 is 0 Å². The molecule has 0 fully saturated rings. The predicted molar refractivity (Wildman–Crippen MR) is 69.2 cm³/mol. The van der Waals surface area contributed by atoms with Crippen molar-refractivity contribution in [1.82, 2.24) is 20.2 Å². The highest BCUT2D eigenvalue weighted by Crippen LogP contribution is 2.30. The number of nitrogen functional groups attached to an aromatic ring is 1. The number of methoxy groups -OCH3 is 1. The number of nitrogens with zero attached hydrogens (tertiary/aromatic N) is 4. The molecule has 2 N–H and O–H groups in total. The van der Waals surface area contributed by atoms with Gasteiger partial charge in [-0.2, -0.15) is 0 Å². The smallest absolute Gasteiger partial charge is 0.172 e. The lowest BCUT2D eigenvalue weighted by molar-refractivity contribution is 0.0990. The van der Waals surface area contributed by atoms with Gasteiger partial charge in [-0.3, -0.25) is 4.79 Å².